The normalized spacial score (nSPS) is 14.6. The summed E-state index contributed by atoms with van der Waals surface area (Å²) in [6, 6.07) is 0.372. The average Bonchev–Trinajstić information content (AvgIpc) is 3.13. The summed E-state index contributed by atoms with van der Waals surface area (Å²) >= 11 is 1.44. The van der Waals surface area contributed by atoms with Crippen molar-refractivity contribution in [2.24, 2.45) is 0 Å². The van der Waals surface area contributed by atoms with Crippen LogP contribution in [-0.4, -0.2) is 28.5 Å². The molecule has 1 amide bonds. The molecule has 1 aliphatic carbocycles. The number of carbonyl (C=O) groups is 1. The maximum Gasteiger partial charge on any atom is 0.261 e. The van der Waals surface area contributed by atoms with Crippen LogP contribution in [0.5, 0.6) is 0 Å². The van der Waals surface area contributed by atoms with Gasteiger partial charge in [0.2, 0.25) is 0 Å². The first-order valence-electron chi connectivity index (χ1n) is 6.49. The van der Waals surface area contributed by atoms with Gasteiger partial charge in [0, 0.05) is 12.6 Å². The van der Waals surface area contributed by atoms with E-state index in [-0.39, 0.29) is 5.91 Å². The molecule has 0 unspecified atom stereocenters. The highest BCUT2D eigenvalue weighted by molar-refractivity contribution is 7.20. The minimum Gasteiger partial charge on any atom is -0.370 e. The Morgan fingerprint density at radius 3 is 2.95 bits per heavy atom. The van der Waals surface area contributed by atoms with Gasteiger partial charge in [0.15, 0.2) is 0 Å². The van der Waals surface area contributed by atoms with Crippen molar-refractivity contribution >= 4 is 33.3 Å². The van der Waals surface area contributed by atoms with Crippen LogP contribution in [0.1, 0.15) is 35.0 Å². The van der Waals surface area contributed by atoms with E-state index in [1.165, 1.54) is 11.3 Å². The molecule has 0 spiro atoms. The number of nitrogens with zero attached hydrogens (tertiary/aromatic N) is 2. The molecule has 2 aromatic heterocycles. The van der Waals surface area contributed by atoms with Gasteiger partial charge in [0.05, 0.1) is 10.3 Å². The summed E-state index contributed by atoms with van der Waals surface area (Å²) in [5.74, 6) is 0.831. The SMILES string of the molecule is CCNc1ncnc2sc(C(=O)NC3CC3)c(C)c12. The highest BCUT2D eigenvalue weighted by Gasteiger charge is 2.26. The second-order valence-electron chi connectivity index (χ2n) is 4.74. The lowest BCUT2D eigenvalue weighted by molar-refractivity contribution is 0.0954. The smallest absolute Gasteiger partial charge is 0.261 e. The molecule has 3 rings (SSSR count). The second kappa shape index (κ2) is 4.77. The molecular weight excluding hydrogens is 260 g/mol. The van der Waals surface area contributed by atoms with Gasteiger partial charge in [-0.15, -0.1) is 11.3 Å². The monoisotopic (exact) mass is 276 g/mol. The van der Waals surface area contributed by atoms with E-state index in [1.54, 1.807) is 6.33 Å². The Morgan fingerprint density at radius 2 is 2.26 bits per heavy atom. The molecule has 0 aliphatic heterocycles. The van der Waals surface area contributed by atoms with Crippen molar-refractivity contribution in [3.63, 3.8) is 0 Å². The molecule has 6 heteroatoms. The number of nitrogens with one attached hydrogen (secondary N) is 2. The van der Waals surface area contributed by atoms with Crippen molar-refractivity contribution in [2.75, 3.05) is 11.9 Å². The first kappa shape index (κ1) is 12.3. The summed E-state index contributed by atoms with van der Waals surface area (Å²) in [4.78, 5) is 22.3. The molecule has 0 radical (unpaired) electrons. The van der Waals surface area contributed by atoms with Crippen molar-refractivity contribution < 1.29 is 4.79 Å². The zero-order valence-corrected chi connectivity index (χ0v) is 11.8. The zero-order valence-electron chi connectivity index (χ0n) is 11.0. The minimum absolute atomic E-state index is 0.0189. The number of rotatable bonds is 4. The molecular formula is C13H16N4OS. The van der Waals surface area contributed by atoms with E-state index < -0.39 is 0 Å². The summed E-state index contributed by atoms with van der Waals surface area (Å²) < 4.78 is 0. The molecule has 2 aromatic rings. The topological polar surface area (TPSA) is 66.9 Å². The van der Waals surface area contributed by atoms with E-state index in [1.807, 2.05) is 13.8 Å². The fourth-order valence-electron chi connectivity index (χ4n) is 2.07. The van der Waals surface area contributed by atoms with E-state index in [0.29, 0.717) is 6.04 Å². The van der Waals surface area contributed by atoms with Gasteiger partial charge in [0.1, 0.15) is 17.0 Å². The molecule has 1 saturated carbocycles. The molecule has 0 bridgehead atoms. The summed E-state index contributed by atoms with van der Waals surface area (Å²) in [6.45, 7) is 4.78. The van der Waals surface area contributed by atoms with Crippen LogP contribution in [-0.2, 0) is 0 Å². The minimum atomic E-state index is 0.0189. The van der Waals surface area contributed by atoms with Crippen LogP contribution in [0.25, 0.3) is 10.2 Å². The van der Waals surface area contributed by atoms with Crippen LogP contribution in [0.3, 0.4) is 0 Å². The van der Waals surface area contributed by atoms with Crippen molar-refractivity contribution in [1.82, 2.24) is 15.3 Å². The lowest BCUT2D eigenvalue weighted by Crippen LogP contribution is -2.24. The van der Waals surface area contributed by atoms with Crippen LogP contribution < -0.4 is 10.6 Å². The van der Waals surface area contributed by atoms with Gasteiger partial charge in [-0.25, -0.2) is 9.97 Å². The molecule has 2 heterocycles. The first-order valence-corrected chi connectivity index (χ1v) is 7.31. The van der Waals surface area contributed by atoms with Crippen molar-refractivity contribution in [3.05, 3.63) is 16.8 Å². The Bertz CT molecular complexity index is 633. The van der Waals surface area contributed by atoms with Crippen molar-refractivity contribution in [3.8, 4) is 0 Å². The largest absolute Gasteiger partial charge is 0.370 e. The molecule has 0 atom stereocenters. The average molecular weight is 276 g/mol. The lowest BCUT2D eigenvalue weighted by atomic mass is 10.2. The number of fused-ring (bicyclic) bond motifs is 1. The summed E-state index contributed by atoms with van der Waals surface area (Å²) in [5.41, 5.74) is 0.967. The second-order valence-corrected chi connectivity index (χ2v) is 5.74. The Balaban J connectivity index is 2.03. The molecule has 0 saturated heterocycles. The number of amides is 1. The number of hydrogen-bond donors (Lipinski definition) is 2. The number of anilines is 1. The first-order chi connectivity index (χ1) is 9.20. The van der Waals surface area contributed by atoms with Crippen LogP contribution >= 0.6 is 11.3 Å². The van der Waals surface area contributed by atoms with Gasteiger partial charge in [-0.05, 0) is 32.3 Å². The number of hydrogen-bond acceptors (Lipinski definition) is 5. The van der Waals surface area contributed by atoms with E-state index in [4.69, 9.17) is 0 Å². The third kappa shape index (κ3) is 2.28. The van der Waals surface area contributed by atoms with Gasteiger partial charge in [-0.3, -0.25) is 4.79 Å². The fourth-order valence-corrected chi connectivity index (χ4v) is 3.12. The number of aryl methyl sites for hydroxylation is 1. The maximum atomic E-state index is 12.2. The maximum absolute atomic E-state index is 12.2. The predicted octanol–water partition coefficient (Wildman–Crippen LogP) is 2.32. The number of thiophene rings is 1. The number of aromatic nitrogens is 2. The van der Waals surface area contributed by atoms with Crippen LogP contribution in [0.4, 0.5) is 5.82 Å². The molecule has 0 aromatic carbocycles. The molecule has 5 nitrogen and oxygen atoms in total. The van der Waals surface area contributed by atoms with Gasteiger partial charge >= 0.3 is 0 Å². The van der Waals surface area contributed by atoms with Crippen molar-refractivity contribution in [2.45, 2.75) is 32.7 Å². The fraction of sp³-hybridized carbons (Fsp3) is 0.462. The standard InChI is InChI=1S/C13H16N4OS/c1-3-14-11-9-7(2)10(12(18)17-8-4-5-8)19-13(9)16-6-15-11/h6,8H,3-5H2,1-2H3,(H,17,18)(H,14,15,16). The zero-order chi connectivity index (χ0) is 13.4. The van der Waals surface area contributed by atoms with E-state index in [9.17, 15) is 4.79 Å². The Hall–Kier alpha value is -1.69. The summed E-state index contributed by atoms with van der Waals surface area (Å²) in [7, 11) is 0. The third-order valence-electron chi connectivity index (χ3n) is 3.19. The quantitative estimate of drug-likeness (QED) is 0.899. The van der Waals surface area contributed by atoms with Gasteiger partial charge in [-0.2, -0.15) is 0 Å². The number of carbonyl (C=O) groups excluding carboxylic acids is 1. The third-order valence-corrected chi connectivity index (χ3v) is 4.39. The highest BCUT2D eigenvalue weighted by atomic mass is 32.1. The Morgan fingerprint density at radius 1 is 1.47 bits per heavy atom. The predicted molar refractivity (Wildman–Crippen MR) is 76.8 cm³/mol. The highest BCUT2D eigenvalue weighted by Crippen LogP contribution is 2.33. The van der Waals surface area contributed by atoms with Gasteiger partial charge in [0.25, 0.3) is 5.91 Å². The molecule has 2 N–H and O–H groups in total. The van der Waals surface area contributed by atoms with Crippen LogP contribution in [0.15, 0.2) is 6.33 Å². The molecule has 100 valence electrons. The summed E-state index contributed by atoms with van der Waals surface area (Å²) in [6.07, 6.45) is 3.73. The Kier molecular flexibility index (Phi) is 3.10. The molecule has 19 heavy (non-hydrogen) atoms. The lowest BCUT2D eigenvalue weighted by Gasteiger charge is -2.04. The molecule has 1 aliphatic rings. The van der Waals surface area contributed by atoms with Gasteiger partial charge < -0.3 is 10.6 Å². The van der Waals surface area contributed by atoms with Crippen LogP contribution in [0, 0.1) is 6.92 Å². The van der Waals surface area contributed by atoms with Gasteiger partial charge in [-0.1, -0.05) is 0 Å². The summed E-state index contributed by atoms with van der Waals surface area (Å²) in [5, 5.41) is 7.21. The van der Waals surface area contributed by atoms with Crippen molar-refractivity contribution in [1.29, 1.82) is 0 Å². The van der Waals surface area contributed by atoms with E-state index in [0.717, 1.165) is 45.9 Å². The Labute approximate surface area is 115 Å². The molecule has 1 fully saturated rings. The van der Waals surface area contributed by atoms with Crippen LogP contribution in [0.2, 0.25) is 0 Å². The van der Waals surface area contributed by atoms with E-state index >= 15 is 0 Å². The van der Waals surface area contributed by atoms with E-state index in [2.05, 4.69) is 20.6 Å².